The highest BCUT2D eigenvalue weighted by molar-refractivity contribution is 5.86. The SMILES string of the molecule is O=C(C[C@H]1CC=CCCCC(=O)OCCNC1=O)N[C@H](CO)Cc1ccc(OCc2ccccc2)cc1. The number of nitrogens with one attached hydrogen (secondary N) is 2. The second-order valence-electron chi connectivity index (χ2n) is 9.08. The first-order valence-electron chi connectivity index (χ1n) is 12.8. The van der Waals surface area contributed by atoms with Crippen LogP contribution in [0.4, 0.5) is 0 Å². The molecule has 0 radical (unpaired) electrons. The maximum absolute atomic E-state index is 12.7. The van der Waals surface area contributed by atoms with Gasteiger partial charge in [-0.3, -0.25) is 14.4 Å². The van der Waals surface area contributed by atoms with Crippen LogP contribution in [0.2, 0.25) is 0 Å². The number of rotatable bonds is 9. The van der Waals surface area contributed by atoms with Crippen molar-refractivity contribution in [1.29, 1.82) is 0 Å². The summed E-state index contributed by atoms with van der Waals surface area (Å²) < 4.78 is 10.9. The Balaban J connectivity index is 1.49. The average molecular weight is 509 g/mol. The molecule has 2 aromatic carbocycles. The summed E-state index contributed by atoms with van der Waals surface area (Å²) in [4.78, 5) is 37.0. The molecule has 8 heteroatoms. The predicted octanol–water partition coefficient (Wildman–Crippen LogP) is 3.08. The Bertz CT molecular complexity index is 1020. The van der Waals surface area contributed by atoms with Crippen molar-refractivity contribution in [1.82, 2.24) is 10.6 Å². The van der Waals surface area contributed by atoms with Crippen molar-refractivity contribution in [3.8, 4) is 5.75 Å². The summed E-state index contributed by atoms with van der Waals surface area (Å²) >= 11 is 0. The third-order valence-corrected chi connectivity index (χ3v) is 6.05. The van der Waals surface area contributed by atoms with E-state index in [9.17, 15) is 19.5 Å². The molecule has 0 fully saturated rings. The number of aliphatic hydroxyl groups is 1. The number of amides is 2. The van der Waals surface area contributed by atoms with E-state index in [2.05, 4.69) is 10.6 Å². The molecule has 1 aliphatic rings. The Morgan fingerprint density at radius 3 is 2.62 bits per heavy atom. The van der Waals surface area contributed by atoms with Crippen LogP contribution in [0.15, 0.2) is 66.7 Å². The van der Waals surface area contributed by atoms with Crippen molar-refractivity contribution in [2.45, 2.75) is 51.2 Å². The lowest BCUT2D eigenvalue weighted by Gasteiger charge is -2.19. The van der Waals surface area contributed by atoms with Gasteiger partial charge in [0.2, 0.25) is 11.8 Å². The molecule has 198 valence electrons. The van der Waals surface area contributed by atoms with Crippen molar-refractivity contribution < 1.29 is 29.0 Å². The second-order valence-corrected chi connectivity index (χ2v) is 9.08. The van der Waals surface area contributed by atoms with Gasteiger partial charge in [0.1, 0.15) is 19.0 Å². The second kappa shape index (κ2) is 15.5. The Morgan fingerprint density at radius 1 is 1.08 bits per heavy atom. The fourth-order valence-electron chi connectivity index (χ4n) is 4.00. The monoisotopic (exact) mass is 508 g/mol. The lowest BCUT2D eigenvalue weighted by atomic mass is 9.98. The molecule has 0 aliphatic carbocycles. The van der Waals surface area contributed by atoms with Crippen molar-refractivity contribution in [2.24, 2.45) is 5.92 Å². The molecular formula is C29H36N2O6. The highest BCUT2D eigenvalue weighted by Crippen LogP contribution is 2.16. The molecule has 3 rings (SSSR count). The maximum atomic E-state index is 12.7. The zero-order valence-corrected chi connectivity index (χ0v) is 21.1. The van der Waals surface area contributed by atoms with Gasteiger partial charge in [0.25, 0.3) is 0 Å². The van der Waals surface area contributed by atoms with Gasteiger partial charge in [-0.15, -0.1) is 0 Å². The molecule has 0 spiro atoms. The first kappa shape index (κ1) is 27.9. The van der Waals surface area contributed by atoms with E-state index >= 15 is 0 Å². The first-order valence-corrected chi connectivity index (χ1v) is 12.8. The van der Waals surface area contributed by atoms with Crippen molar-refractivity contribution >= 4 is 17.8 Å². The largest absolute Gasteiger partial charge is 0.489 e. The van der Waals surface area contributed by atoms with E-state index in [1.807, 2.05) is 66.7 Å². The fraction of sp³-hybridized carbons (Fsp3) is 0.414. The summed E-state index contributed by atoms with van der Waals surface area (Å²) in [5, 5.41) is 15.4. The van der Waals surface area contributed by atoms with E-state index in [1.54, 1.807) is 0 Å². The third-order valence-electron chi connectivity index (χ3n) is 6.05. The Morgan fingerprint density at radius 2 is 1.86 bits per heavy atom. The van der Waals surface area contributed by atoms with Crippen LogP contribution < -0.4 is 15.4 Å². The predicted molar refractivity (Wildman–Crippen MR) is 140 cm³/mol. The molecular weight excluding hydrogens is 472 g/mol. The number of hydrogen-bond donors (Lipinski definition) is 3. The minimum Gasteiger partial charge on any atom is -0.489 e. The molecule has 2 atom stereocenters. The van der Waals surface area contributed by atoms with Crippen LogP contribution in [-0.4, -0.2) is 48.7 Å². The molecule has 2 amide bonds. The topological polar surface area (TPSA) is 114 Å². The molecule has 2 aromatic rings. The van der Waals surface area contributed by atoms with E-state index in [4.69, 9.17) is 9.47 Å². The third kappa shape index (κ3) is 10.5. The molecule has 0 aromatic heterocycles. The van der Waals surface area contributed by atoms with Gasteiger partial charge in [-0.1, -0.05) is 54.6 Å². The van der Waals surface area contributed by atoms with Gasteiger partial charge in [-0.2, -0.15) is 0 Å². The quantitative estimate of drug-likeness (QED) is 0.354. The number of ether oxygens (including phenoxy) is 2. The average Bonchev–Trinajstić information content (AvgIpc) is 2.92. The summed E-state index contributed by atoms with van der Waals surface area (Å²) in [7, 11) is 0. The summed E-state index contributed by atoms with van der Waals surface area (Å²) in [5.74, 6) is -0.646. The first-order chi connectivity index (χ1) is 18.0. The molecule has 1 heterocycles. The van der Waals surface area contributed by atoms with E-state index < -0.39 is 12.0 Å². The van der Waals surface area contributed by atoms with Gasteiger partial charge in [0, 0.05) is 12.8 Å². The van der Waals surface area contributed by atoms with Crippen molar-refractivity contribution in [3.63, 3.8) is 0 Å². The zero-order chi connectivity index (χ0) is 26.3. The van der Waals surface area contributed by atoms with Crippen LogP contribution in [0, 0.1) is 5.92 Å². The zero-order valence-electron chi connectivity index (χ0n) is 21.1. The van der Waals surface area contributed by atoms with E-state index in [0.29, 0.717) is 38.7 Å². The maximum Gasteiger partial charge on any atom is 0.305 e. The molecule has 3 N–H and O–H groups in total. The Kier molecular flexibility index (Phi) is 11.7. The van der Waals surface area contributed by atoms with E-state index in [1.165, 1.54) is 0 Å². The van der Waals surface area contributed by atoms with Crippen LogP contribution in [0.25, 0.3) is 0 Å². The number of benzene rings is 2. The van der Waals surface area contributed by atoms with Gasteiger partial charge in [-0.05, 0) is 48.9 Å². The van der Waals surface area contributed by atoms with Crippen molar-refractivity contribution in [3.05, 3.63) is 77.9 Å². The van der Waals surface area contributed by atoms with Crippen LogP contribution in [0.1, 0.15) is 43.2 Å². The van der Waals surface area contributed by atoms with Crippen LogP contribution >= 0.6 is 0 Å². The van der Waals surface area contributed by atoms with Gasteiger partial charge >= 0.3 is 5.97 Å². The molecule has 0 unspecified atom stereocenters. The smallest absolute Gasteiger partial charge is 0.305 e. The highest BCUT2D eigenvalue weighted by Gasteiger charge is 2.22. The van der Waals surface area contributed by atoms with Gasteiger partial charge in [0.05, 0.1) is 25.1 Å². The lowest BCUT2D eigenvalue weighted by Crippen LogP contribution is -2.42. The number of allylic oxidation sites excluding steroid dienone is 2. The van der Waals surface area contributed by atoms with Gasteiger partial charge < -0.3 is 25.2 Å². The normalized spacial score (nSPS) is 17.8. The Labute approximate surface area is 218 Å². The molecule has 0 bridgehead atoms. The summed E-state index contributed by atoms with van der Waals surface area (Å²) in [5.41, 5.74) is 2.03. The molecule has 0 saturated heterocycles. The number of esters is 1. The summed E-state index contributed by atoms with van der Waals surface area (Å²) in [6, 6.07) is 17.0. The number of cyclic esters (lactones) is 1. The number of aliphatic hydroxyl groups excluding tert-OH is 1. The number of carbonyl (C=O) groups is 3. The van der Waals surface area contributed by atoms with E-state index in [-0.39, 0.29) is 44.0 Å². The fourth-order valence-corrected chi connectivity index (χ4v) is 4.00. The van der Waals surface area contributed by atoms with Gasteiger partial charge in [0.15, 0.2) is 0 Å². The highest BCUT2D eigenvalue weighted by atomic mass is 16.5. The lowest BCUT2D eigenvalue weighted by molar-refractivity contribution is -0.144. The molecule has 1 aliphatic heterocycles. The number of carbonyl (C=O) groups excluding carboxylic acids is 3. The summed E-state index contributed by atoms with van der Waals surface area (Å²) in [6.07, 6.45) is 6.40. The minimum absolute atomic E-state index is 0.00127. The van der Waals surface area contributed by atoms with Crippen molar-refractivity contribution in [2.75, 3.05) is 19.8 Å². The standard InChI is InChI=1S/C29H36N2O6/c32-20-25(18-22-12-14-26(15-13-22)37-21-23-8-4-3-5-9-23)31-27(33)19-24-10-6-1-2-7-11-28(34)36-17-16-30-29(24)35/h1,3-6,8-9,12-15,24-25,32H,2,7,10-11,16-21H2,(H,30,35)(H,31,33)/t24-,25+/m1/s1. The molecule has 8 nitrogen and oxygen atoms in total. The van der Waals surface area contributed by atoms with E-state index in [0.717, 1.165) is 16.9 Å². The summed E-state index contributed by atoms with van der Waals surface area (Å²) in [6.45, 7) is 0.570. The van der Waals surface area contributed by atoms with Crippen LogP contribution in [0.3, 0.4) is 0 Å². The molecule has 37 heavy (non-hydrogen) atoms. The minimum atomic E-state index is -0.548. The van der Waals surface area contributed by atoms with Crippen LogP contribution in [0.5, 0.6) is 5.75 Å². The van der Waals surface area contributed by atoms with Gasteiger partial charge in [-0.25, -0.2) is 0 Å². The molecule has 0 saturated carbocycles. The number of hydrogen-bond acceptors (Lipinski definition) is 6. The van der Waals surface area contributed by atoms with Crippen LogP contribution in [-0.2, 0) is 32.1 Å². The Hall–Kier alpha value is -3.65.